The molecule has 1 aromatic carbocycles. The number of esters is 1. The van der Waals surface area contributed by atoms with Crippen LogP contribution in [0.4, 0.5) is 5.69 Å². The summed E-state index contributed by atoms with van der Waals surface area (Å²) in [6.45, 7) is 5.16. The third-order valence-electron chi connectivity index (χ3n) is 3.44. The number of nitrogens with one attached hydrogen (secondary N) is 2. The molecular formula is C17H22ClN5O4S. The average Bonchev–Trinajstić information content (AvgIpc) is 2.59. The number of benzene rings is 1. The number of carbonyl (C=O) groups is 1. The van der Waals surface area contributed by atoms with Gasteiger partial charge in [-0.05, 0) is 32.9 Å². The van der Waals surface area contributed by atoms with Crippen LogP contribution in [0.2, 0.25) is 0 Å². The molecule has 0 atom stereocenters. The summed E-state index contributed by atoms with van der Waals surface area (Å²) in [7, 11) is -3.81. The maximum absolute atomic E-state index is 12.5. The molecule has 152 valence electrons. The largest absolute Gasteiger partial charge is 0.460 e. The summed E-state index contributed by atoms with van der Waals surface area (Å²) < 4.78 is 35.8. The molecule has 1 aromatic heterocycles. The molecule has 0 radical (unpaired) electrons. The molecule has 0 saturated heterocycles. The van der Waals surface area contributed by atoms with Crippen molar-refractivity contribution >= 4 is 50.2 Å². The third kappa shape index (κ3) is 6.04. The molecule has 2 rings (SSSR count). The van der Waals surface area contributed by atoms with E-state index in [1.807, 2.05) is 0 Å². The summed E-state index contributed by atoms with van der Waals surface area (Å²) in [5, 5.41) is 4.03. The van der Waals surface area contributed by atoms with Gasteiger partial charge in [-0.3, -0.25) is 9.78 Å². The van der Waals surface area contributed by atoms with Crippen molar-refractivity contribution in [1.29, 1.82) is 0 Å². The molecular weight excluding hydrogens is 406 g/mol. The van der Waals surface area contributed by atoms with Gasteiger partial charge in [-0.1, -0.05) is 6.07 Å². The zero-order valence-corrected chi connectivity index (χ0v) is 17.3. The Morgan fingerprint density at radius 3 is 2.68 bits per heavy atom. The minimum absolute atomic E-state index is 0.0172. The van der Waals surface area contributed by atoms with Crippen molar-refractivity contribution < 1.29 is 17.9 Å². The molecule has 9 nitrogen and oxygen atoms in total. The Bertz CT molecular complexity index is 1000. The summed E-state index contributed by atoms with van der Waals surface area (Å²) >= 11 is 5.30. The van der Waals surface area contributed by atoms with E-state index in [2.05, 4.69) is 19.5 Å². The second-order valence-corrected chi connectivity index (χ2v) is 8.83. The highest BCUT2D eigenvalue weighted by atomic mass is 35.5. The lowest BCUT2D eigenvalue weighted by Gasteiger charge is -2.19. The van der Waals surface area contributed by atoms with Crippen LogP contribution < -0.4 is 15.8 Å². The van der Waals surface area contributed by atoms with Crippen LogP contribution in [-0.4, -0.2) is 37.5 Å². The number of carbonyl (C=O) groups excluding carboxylic acids is 1. The SMILES string of the molecule is CC(C)(C)OC(=O)CCNS(=O)(=O)c1ccc2c(NC(N)=NCl)cncc2c1. The molecule has 0 aliphatic carbocycles. The molecule has 2 aromatic rings. The molecule has 0 spiro atoms. The Morgan fingerprint density at radius 1 is 1.32 bits per heavy atom. The highest BCUT2D eigenvalue weighted by molar-refractivity contribution is 7.89. The van der Waals surface area contributed by atoms with Gasteiger partial charge in [0.05, 0.1) is 23.2 Å². The van der Waals surface area contributed by atoms with E-state index < -0.39 is 21.6 Å². The Morgan fingerprint density at radius 2 is 2.04 bits per heavy atom. The van der Waals surface area contributed by atoms with Crippen LogP contribution in [0.3, 0.4) is 0 Å². The first-order valence-corrected chi connectivity index (χ1v) is 10.1. The number of hydrogen-bond acceptors (Lipinski definition) is 6. The van der Waals surface area contributed by atoms with E-state index in [1.165, 1.54) is 24.5 Å². The smallest absolute Gasteiger partial charge is 0.307 e. The molecule has 11 heteroatoms. The summed E-state index contributed by atoms with van der Waals surface area (Å²) in [6.07, 6.45) is 2.97. The van der Waals surface area contributed by atoms with Gasteiger partial charge in [0.15, 0.2) is 0 Å². The molecule has 28 heavy (non-hydrogen) atoms. The number of guanidine groups is 1. The fraction of sp³-hybridized carbons (Fsp3) is 0.353. The number of ether oxygens (including phenoxy) is 1. The molecule has 0 aliphatic rings. The van der Waals surface area contributed by atoms with Crippen molar-refractivity contribution in [3.63, 3.8) is 0 Å². The molecule has 0 aliphatic heterocycles. The van der Waals surface area contributed by atoms with Gasteiger partial charge in [-0.2, -0.15) is 0 Å². The fourth-order valence-corrected chi connectivity index (χ4v) is 3.45. The minimum Gasteiger partial charge on any atom is -0.460 e. The van der Waals surface area contributed by atoms with Gasteiger partial charge in [0.1, 0.15) is 5.60 Å². The fourth-order valence-electron chi connectivity index (χ4n) is 2.34. The Balaban J connectivity index is 2.14. The highest BCUT2D eigenvalue weighted by Gasteiger charge is 2.19. The summed E-state index contributed by atoms with van der Waals surface area (Å²) in [5.74, 6) is -0.497. The van der Waals surface area contributed by atoms with E-state index in [9.17, 15) is 13.2 Å². The Hall–Kier alpha value is -2.43. The van der Waals surface area contributed by atoms with Crippen LogP contribution in [0.1, 0.15) is 27.2 Å². The molecule has 4 N–H and O–H groups in total. The quantitative estimate of drug-likeness (QED) is 0.365. The van der Waals surface area contributed by atoms with Gasteiger partial charge in [0.25, 0.3) is 0 Å². The number of nitrogens with zero attached hydrogens (tertiary/aromatic N) is 2. The van der Waals surface area contributed by atoms with Gasteiger partial charge in [0.2, 0.25) is 16.0 Å². The first-order valence-electron chi connectivity index (χ1n) is 8.32. The Kier molecular flexibility index (Phi) is 6.81. The van der Waals surface area contributed by atoms with Crippen LogP contribution in [-0.2, 0) is 19.6 Å². The zero-order valence-electron chi connectivity index (χ0n) is 15.7. The number of aromatic nitrogens is 1. The number of pyridine rings is 1. The van der Waals surface area contributed by atoms with E-state index in [-0.39, 0.29) is 23.8 Å². The first-order chi connectivity index (χ1) is 13.0. The number of sulfonamides is 1. The van der Waals surface area contributed by atoms with Crippen LogP contribution in [0.15, 0.2) is 40.0 Å². The maximum atomic E-state index is 12.5. The summed E-state index contributed by atoms with van der Waals surface area (Å²) in [4.78, 5) is 15.8. The normalized spacial score (nSPS) is 12.8. The number of fused-ring (bicyclic) bond motifs is 1. The molecule has 1 heterocycles. The van der Waals surface area contributed by atoms with E-state index in [0.29, 0.717) is 16.5 Å². The van der Waals surface area contributed by atoms with Gasteiger partial charge in [-0.25, -0.2) is 13.1 Å². The van der Waals surface area contributed by atoms with Crippen molar-refractivity contribution in [3.8, 4) is 0 Å². The van der Waals surface area contributed by atoms with E-state index in [1.54, 1.807) is 26.8 Å². The monoisotopic (exact) mass is 427 g/mol. The van der Waals surface area contributed by atoms with Crippen LogP contribution in [0.25, 0.3) is 10.8 Å². The molecule has 0 bridgehead atoms. The number of nitrogens with two attached hydrogens (primary N) is 1. The molecule has 0 unspecified atom stereocenters. The van der Waals surface area contributed by atoms with Gasteiger partial charge >= 0.3 is 5.97 Å². The predicted molar refractivity (Wildman–Crippen MR) is 108 cm³/mol. The third-order valence-corrected chi connectivity index (χ3v) is 5.08. The van der Waals surface area contributed by atoms with Crippen molar-refractivity contribution in [3.05, 3.63) is 30.6 Å². The molecule has 0 fully saturated rings. The number of rotatable bonds is 6. The number of halogens is 1. The lowest BCUT2D eigenvalue weighted by Crippen LogP contribution is -2.29. The zero-order chi connectivity index (χ0) is 20.9. The van der Waals surface area contributed by atoms with Crippen molar-refractivity contribution in [2.24, 2.45) is 10.2 Å². The lowest BCUT2D eigenvalue weighted by molar-refractivity contribution is -0.154. The summed E-state index contributed by atoms with van der Waals surface area (Å²) in [5.41, 5.74) is 5.46. The van der Waals surface area contributed by atoms with E-state index in [4.69, 9.17) is 22.2 Å². The van der Waals surface area contributed by atoms with Gasteiger partial charge in [0, 0.05) is 35.3 Å². The van der Waals surface area contributed by atoms with Crippen LogP contribution >= 0.6 is 11.8 Å². The second-order valence-electron chi connectivity index (χ2n) is 6.90. The van der Waals surface area contributed by atoms with Crippen LogP contribution in [0, 0.1) is 0 Å². The van der Waals surface area contributed by atoms with Gasteiger partial charge < -0.3 is 15.8 Å². The highest BCUT2D eigenvalue weighted by Crippen LogP contribution is 2.25. The lowest BCUT2D eigenvalue weighted by atomic mass is 10.1. The molecule has 0 amide bonds. The van der Waals surface area contributed by atoms with Crippen molar-refractivity contribution in [1.82, 2.24) is 9.71 Å². The summed E-state index contributed by atoms with van der Waals surface area (Å²) in [6, 6.07) is 4.53. The second kappa shape index (κ2) is 8.72. The topological polar surface area (TPSA) is 136 Å². The van der Waals surface area contributed by atoms with E-state index in [0.717, 1.165) is 0 Å². The van der Waals surface area contributed by atoms with Crippen molar-refractivity contribution in [2.45, 2.75) is 37.7 Å². The maximum Gasteiger partial charge on any atom is 0.307 e. The Labute approximate surface area is 168 Å². The predicted octanol–water partition coefficient (Wildman–Crippen LogP) is 2.13. The van der Waals surface area contributed by atoms with Crippen molar-refractivity contribution in [2.75, 3.05) is 11.9 Å². The van der Waals surface area contributed by atoms with Crippen LogP contribution in [0.5, 0.6) is 0 Å². The number of hydrogen-bond donors (Lipinski definition) is 3. The standard InChI is InChI=1S/C17H22ClN5O4S/c1-17(2,3)27-15(24)6-7-21-28(25,26)12-4-5-13-11(8-12)9-20-10-14(13)22-16(19)23-18/h4-5,8-10,21H,6-7H2,1-3H3,(H3,19,22,23). The van der Waals surface area contributed by atoms with Gasteiger partial charge in [-0.15, -0.1) is 4.51 Å². The molecule has 0 saturated carbocycles. The average molecular weight is 428 g/mol. The minimum atomic E-state index is -3.81. The first kappa shape index (κ1) is 21.9. The van der Waals surface area contributed by atoms with E-state index >= 15 is 0 Å². The number of anilines is 1.